The number of alkyl halides is 7. The van der Waals surface area contributed by atoms with Crippen LogP contribution >= 0.6 is 0 Å². The molecule has 2 rings (SSSR count). The minimum atomic E-state index is -4.98. The maximum absolute atomic E-state index is 13.4. The van der Waals surface area contributed by atoms with Gasteiger partial charge in [0.1, 0.15) is 11.6 Å². The molecule has 0 aromatic heterocycles. The van der Waals surface area contributed by atoms with Crippen molar-refractivity contribution in [2.24, 2.45) is 0 Å². The standard InChI is InChI=1S/C16H9F9/c17-11-5-9(4-10(7-11)15(21,22)14(19)20)3-8-1-2-13(18)12(6-8)16(23,24)25/h1-2,4-7,14H,3H2. The Morgan fingerprint density at radius 3 is 2.00 bits per heavy atom. The lowest BCUT2D eigenvalue weighted by Crippen LogP contribution is -2.24. The molecule has 0 radical (unpaired) electrons. The maximum Gasteiger partial charge on any atom is 0.419 e. The van der Waals surface area contributed by atoms with Crippen molar-refractivity contribution in [2.45, 2.75) is 24.9 Å². The fourth-order valence-electron chi connectivity index (χ4n) is 2.21. The summed E-state index contributed by atoms with van der Waals surface area (Å²) in [6.07, 6.45) is -9.53. The minimum absolute atomic E-state index is 0.148. The van der Waals surface area contributed by atoms with E-state index in [4.69, 9.17) is 0 Å². The zero-order valence-corrected chi connectivity index (χ0v) is 12.2. The van der Waals surface area contributed by atoms with Crippen LogP contribution in [0.5, 0.6) is 0 Å². The normalized spacial score (nSPS) is 12.7. The van der Waals surface area contributed by atoms with E-state index in [-0.39, 0.29) is 17.2 Å². The summed E-state index contributed by atoms with van der Waals surface area (Å²) in [5.41, 5.74) is -3.27. The zero-order chi connectivity index (χ0) is 19.0. The summed E-state index contributed by atoms with van der Waals surface area (Å²) in [4.78, 5) is 0. The fourth-order valence-corrected chi connectivity index (χ4v) is 2.21. The van der Waals surface area contributed by atoms with E-state index in [1.54, 1.807) is 0 Å². The van der Waals surface area contributed by atoms with Gasteiger partial charge >= 0.3 is 18.5 Å². The largest absolute Gasteiger partial charge is 0.419 e. The Morgan fingerprint density at radius 2 is 1.44 bits per heavy atom. The quantitative estimate of drug-likeness (QED) is 0.584. The first kappa shape index (κ1) is 19.1. The second kappa shape index (κ2) is 6.61. The average molecular weight is 372 g/mol. The van der Waals surface area contributed by atoms with Crippen LogP contribution < -0.4 is 0 Å². The van der Waals surface area contributed by atoms with E-state index in [1.807, 2.05) is 0 Å². The van der Waals surface area contributed by atoms with Crippen molar-refractivity contribution in [3.63, 3.8) is 0 Å². The summed E-state index contributed by atoms with van der Waals surface area (Å²) in [6.45, 7) is 0. The van der Waals surface area contributed by atoms with Crippen LogP contribution in [-0.2, 0) is 18.5 Å². The monoisotopic (exact) mass is 372 g/mol. The first-order valence-corrected chi connectivity index (χ1v) is 6.73. The zero-order valence-electron chi connectivity index (χ0n) is 12.2. The third-order valence-electron chi connectivity index (χ3n) is 3.36. The van der Waals surface area contributed by atoms with Crippen molar-refractivity contribution in [3.05, 3.63) is 70.3 Å². The molecule has 0 fully saturated rings. The average Bonchev–Trinajstić information content (AvgIpc) is 2.47. The molecule has 2 aromatic carbocycles. The maximum atomic E-state index is 13.4. The van der Waals surface area contributed by atoms with Crippen LogP contribution in [-0.4, -0.2) is 6.43 Å². The first-order valence-electron chi connectivity index (χ1n) is 6.73. The van der Waals surface area contributed by atoms with Gasteiger partial charge in [-0.15, -0.1) is 0 Å². The molecule has 0 heterocycles. The van der Waals surface area contributed by atoms with Crippen LogP contribution in [0.2, 0.25) is 0 Å². The summed E-state index contributed by atoms with van der Waals surface area (Å²) in [7, 11) is 0. The molecule has 0 aliphatic rings. The van der Waals surface area contributed by atoms with E-state index in [1.165, 1.54) is 0 Å². The van der Waals surface area contributed by atoms with Crippen molar-refractivity contribution in [3.8, 4) is 0 Å². The Balaban J connectivity index is 2.40. The van der Waals surface area contributed by atoms with Gasteiger partial charge < -0.3 is 0 Å². The van der Waals surface area contributed by atoms with E-state index in [2.05, 4.69) is 0 Å². The molecule has 2 aromatic rings. The Bertz CT molecular complexity index is 763. The number of hydrogen-bond acceptors (Lipinski definition) is 0. The predicted molar refractivity (Wildman–Crippen MR) is 70.5 cm³/mol. The van der Waals surface area contributed by atoms with Crippen LogP contribution in [0.1, 0.15) is 22.3 Å². The third kappa shape index (κ3) is 4.26. The smallest absolute Gasteiger partial charge is 0.207 e. The Hall–Kier alpha value is -2.19. The van der Waals surface area contributed by atoms with E-state index >= 15 is 0 Å². The van der Waals surface area contributed by atoms with E-state index < -0.39 is 47.7 Å². The van der Waals surface area contributed by atoms with Crippen molar-refractivity contribution in [1.29, 1.82) is 0 Å². The topological polar surface area (TPSA) is 0 Å². The van der Waals surface area contributed by atoms with E-state index in [0.717, 1.165) is 12.1 Å². The molecule has 0 nitrogen and oxygen atoms in total. The Kier molecular flexibility index (Phi) is 5.06. The molecule has 0 N–H and O–H groups in total. The van der Waals surface area contributed by atoms with Crippen LogP contribution in [0.3, 0.4) is 0 Å². The number of hydrogen-bond donors (Lipinski definition) is 0. The molecule has 0 atom stereocenters. The molecule has 136 valence electrons. The van der Waals surface area contributed by atoms with Gasteiger partial charge in [0.15, 0.2) is 0 Å². The summed E-state index contributed by atoms with van der Waals surface area (Å²) in [5.74, 6) is -7.39. The summed E-state index contributed by atoms with van der Waals surface area (Å²) < 4.78 is 116. The van der Waals surface area contributed by atoms with Gasteiger partial charge in [-0.25, -0.2) is 17.6 Å². The van der Waals surface area contributed by atoms with Gasteiger partial charge in [-0.2, -0.15) is 22.0 Å². The molecule has 0 saturated heterocycles. The van der Waals surface area contributed by atoms with Gasteiger partial charge in [0.25, 0.3) is 0 Å². The highest BCUT2D eigenvalue weighted by Crippen LogP contribution is 2.36. The summed E-state index contributed by atoms with van der Waals surface area (Å²) in [5, 5.41) is 0. The van der Waals surface area contributed by atoms with E-state index in [9.17, 15) is 39.5 Å². The van der Waals surface area contributed by atoms with Gasteiger partial charge in [0, 0.05) is 5.56 Å². The van der Waals surface area contributed by atoms with Crippen molar-refractivity contribution >= 4 is 0 Å². The van der Waals surface area contributed by atoms with Crippen molar-refractivity contribution in [2.75, 3.05) is 0 Å². The molecule has 0 unspecified atom stereocenters. The summed E-state index contributed by atoms with van der Waals surface area (Å²) >= 11 is 0. The lowest BCUT2D eigenvalue weighted by molar-refractivity contribution is -0.140. The highest BCUT2D eigenvalue weighted by atomic mass is 19.4. The highest BCUT2D eigenvalue weighted by Gasteiger charge is 2.43. The molecule has 9 heteroatoms. The van der Waals surface area contributed by atoms with Gasteiger partial charge in [-0.3, -0.25) is 0 Å². The lowest BCUT2D eigenvalue weighted by atomic mass is 9.98. The predicted octanol–water partition coefficient (Wildman–Crippen LogP) is 5.93. The van der Waals surface area contributed by atoms with Crippen molar-refractivity contribution in [1.82, 2.24) is 0 Å². The van der Waals surface area contributed by atoms with Crippen molar-refractivity contribution < 1.29 is 39.5 Å². The molecule has 0 aliphatic heterocycles. The molecular weight excluding hydrogens is 363 g/mol. The third-order valence-corrected chi connectivity index (χ3v) is 3.36. The number of benzene rings is 2. The molecule has 0 saturated carbocycles. The van der Waals surface area contributed by atoms with Crippen LogP contribution in [0.15, 0.2) is 36.4 Å². The summed E-state index contributed by atoms with van der Waals surface area (Å²) in [6, 6.07) is 3.46. The Morgan fingerprint density at radius 1 is 0.800 bits per heavy atom. The van der Waals surface area contributed by atoms with Gasteiger partial charge in [0.2, 0.25) is 0 Å². The SMILES string of the molecule is Fc1cc(Cc2ccc(F)c(C(F)(F)F)c2)cc(C(F)(F)C(F)F)c1. The van der Waals surface area contributed by atoms with Gasteiger partial charge in [0.05, 0.1) is 5.56 Å². The lowest BCUT2D eigenvalue weighted by Gasteiger charge is -2.17. The molecule has 0 bridgehead atoms. The minimum Gasteiger partial charge on any atom is -0.207 e. The first-order chi connectivity index (χ1) is 11.4. The second-order valence-corrected chi connectivity index (χ2v) is 5.26. The number of halogens is 9. The molecule has 0 spiro atoms. The van der Waals surface area contributed by atoms with Crippen LogP contribution in [0, 0.1) is 11.6 Å². The van der Waals surface area contributed by atoms with E-state index in [0.29, 0.717) is 18.2 Å². The molecule has 0 amide bonds. The highest BCUT2D eigenvalue weighted by molar-refractivity contribution is 5.35. The molecule has 0 aliphatic carbocycles. The number of rotatable bonds is 4. The van der Waals surface area contributed by atoms with Gasteiger partial charge in [-0.05, 0) is 47.9 Å². The van der Waals surface area contributed by atoms with Crippen LogP contribution in [0.25, 0.3) is 0 Å². The fraction of sp³-hybridized carbons (Fsp3) is 0.250. The molecule has 25 heavy (non-hydrogen) atoms. The Labute approximate surface area is 135 Å². The van der Waals surface area contributed by atoms with Gasteiger partial charge in [-0.1, -0.05) is 6.07 Å². The molecular formula is C16H9F9. The van der Waals surface area contributed by atoms with Crippen LogP contribution in [0.4, 0.5) is 39.5 Å². The second-order valence-electron chi connectivity index (χ2n) is 5.26.